The lowest BCUT2D eigenvalue weighted by Crippen LogP contribution is -2.28. The number of hydrogen-bond acceptors (Lipinski definition) is 7. The number of nitrogens with zero attached hydrogens (tertiary/aromatic N) is 5. The molecule has 1 aromatic heterocycles. The maximum absolute atomic E-state index is 13.9. The number of hydrogen-bond donors (Lipinski definition) is 1. The lowest BCUT2D eigenvalue weighted by atomic mass is 9.97. The van der Waals surface area contributed by atoms with Crippen molar-refractivity contribution in [3.05, 3.63) is 107 Å². The lowest BCUT2D eigenvalue weighted by Gasteiger charge is -2.22. The molecule has 0 spiro atoms. The molecule has 0 radical (unpaired) electrons. The number of aryl methyl sites for hydroxylation is 1. The van der Waals surface area contributed by atoms with E-state index in [1.54, 1.807) is 29.8 Å². The summed E-state index contributed by atoms with van der Waals surface area (Å²) in [7, 11) is 3.37. The van der Waals surface area contributed by atoms with E-state index in [4.69, 9.17) is 9.84 Å². The van der Waals surface area contributed by atoms with Crippen molar-refractivity contribution in [1.29, 1.82) is 0 Å². The molecular formula is C30H29FN6O3S. The minimum Gasteiger partial charge on any atom is -0.497 e. The Bertz CT molecular complexity index is 1590. The molecule has 41 heavy (non-hydrogen) atoms. The molecule has 1 N–H and O–H groups in total. The van der Waals surface area contributed by atoms with Gasteiger partial charge >= 0.3 is 0 Å². The molecule has 4 aromatic rings. The van der Waals surface area contributed by atoms with Gasteiger partial charge < -0.3 is 14.6 Å². The molecule has 2 heterocycles. The smallest absolute Gasteiger partial charge is 0.254 e. The molecule has 11 heteroatoms. The molecule has 1 aliphatic heterocycles. The van der Waals surface area contributed by atoms with Gasteiger partial charge in [-0.1, -0.05) is 53.7 Å². The zero-order valence-electron chi connectivity index (χ0n) is 22.9. The second kappa shape index (κ2) is 12.3. The van der Waals surface area contributed by atoms with Crippen LogP contribution in [0.5, 0.6) is 5.75 Å². The quantitative estimate of drug-likeness (QED) is 0.293. The summed E-state index contributed by atoms with van der Waals surface area (Å²) in [5, 5.41) is 17.8. The van der Waals surface area contributed by atoms with Gasteiger partial charge in [-0.25, -0.2) is 9.40 Å². The third kappa shape index (κ3) is 6.30. The van der Waals surface area contributed by atoms with Crippen molar-refractivity contribution in [2.75, 3.05) is 12.9 Å². The molecule has 5 rings (SSSR count). The summed E-state index contributed by atoms with van der Waals surface area (Å²) in [6.45, 7) is 2.08. The second-order valence-electron chi connectivity index (χ2n) is 9.55. The van der Waals surface area contributed by atoms with Crippen LogP contribution >= 0.6 is 11.8 Å². The van der Waals surface area contributed by atoms with Gasteiger partial charge in [0.15, 0.2) is 11.0 Å². The van der Waals surface area contributed by atoms with Crippen LogP contribution in [0.1, 0.15) is 45.3 Å². The van der Waals surface area contributed by atoms with Crippen LogP contribution in [0.4, 0.5) is 4.39 Å². The topological polar surface area (TPSA) is 102 Å². The summed E-state index contributed by atoms with van der Waals surface area (Å²) in [6.07, 6.45) is 0.585. The Morgan fingerprint density at radius 3 is 2.49 bits per heavy atom. The maximum atomic E-state index is 13.9. The van der Waals surface area contributed by atoms with Crippen LogP contribution < -0.4 is 10.1 Å². The molecule has 0 fully saturated rings. The number of halogens is 1. The van der Waals surface area contributed by atoms with Gasteiger partial charge in [0.2, 0.25) is 0 Å². The zero-order chi connectivity index (χ0) is 28.9. The molecule has 1 aliphatic rings. The van der Waals surface area contributed by atoms with Gasteiger partial charge in [-0.3, -0.25) is 9.59 Å². The number of ether oxygens (including phenoxy) is 1. The number of rotatable bonds is 9. The fourth-order valence-electron chi connectivity index (χ4n) is 4.46. The minimum atomic E-state index is -0.596. The molecule has 0 saturated carbocycles. The fraction of sp³-hybridized carbons (Fsp3) is 0.233. The predicted molar refractivity (Wildman–Crippen MR) is 154 cm³/mol. The Morgan fingerprint density at radius 1 is 1.05 bits per heavy atom. The highest BCUT2D eigenvalue weighted by Gasteiger charge is 2.33. The Kier molecular flexibility index (Phi) is 8.44. The first-order chi connectivity index (χ1) is 19.8. The molecule has 0 unspecified atom stereocenters. The van der Waals surface area contributed by atoms with Crippen LogP contribution in [0.15, 0.2) is 83.1 Å². The molecule has 0 aliphatic carbocycles. The molecule has 3 aromatic carbocycles. The number of carbonyl (C=O) groups is 2. The molecule has 2 amide bonds. The first kappa shape index (κ1) is 28.0. The van der Waals surface area contributed by atoms with E-state index in [1.807, 2.05) is 55.5 Å². The number of hydrazone groups is 1. The van der Waals surface area contributed by atoms with Crippen molar-refractivity contribution in [3.63, 3.8) is 0 Å². The molecule has 9 nitrogen and oxygen atoms in total. The predicted octanol–water partition coefficient (Wildman–Crippen LogP) is 4.67. The summed E-state index contributed by atoms with van der Waals surface area (Å²) in [5.74, 6) is 0.0137. The van der Waals surface area contributed by atoms with E-state index in [1.165, 1.54) is 30.0 Å². The largest absolute Gasteiger partial charge is 0.497 e. The molecule has 1 atom stereocenters. The molecule has 210 valence electrons. The molecule has 0 bridgehead atoms. The SMILES string of the molecule is COc1ccc(C2=NN(C(=O)CSc3nnc(CNC(=O)c4ccccc4F)n3C)[C@@H](c3ccc(C)cc3)C2)cc1. The summed E-state index contributed by atoms with van der Waals surface area (Å²) in [4.78, 5) is 25.9. The van der Waals surface area contributed by atoms with Crippen LogP contribution in [0.25, 0.3) is 0 Å². The average molecular weight is 573 g/mol. The van der Waals surface area contributed by atoms with Gasteiger partial charge in [0.1, 0.15) is 11.6 Å². The second-order valence-corrected chi connectivity index (χ2v) is 10.5. The summed E-state index contributed by atoms with van der Waals surface area (Å²) in [6, 6.07) is 21.3. The summed E-state index contributed by atoms with van der Waals surface area (Å²) >= 11 is 1.24. The molecular weight excluding hydrogens is 543 g/mol. The zero-order valence-corrected chi connectivity index (χ0v) is 23.7. The normalized spacial score (nSPS) is 14.6. The Balaban J connectivity index is 1.27. The van der Waals surface area contributed by atoms with Gasteiger partial charge in [0.05, 0.1) is 36.7 Å². The third-order valence-electron chi connectivity index (χ3n) is 6.83. The van der Waals surface area contributed by atoms with Crippen LogP contribution in [0.2, 0.25) is 0 Å². The highest BCUT2D eigenvalue weighted by Crippen LogP contribution is 2.34. The van der Waals surface area contributed by atoms with Crippen molar-refractivity contribution in [2.24, 2.45) is 12.1 Å². The Morgan fingerprint density at radius 2 is 1.78 bits per heavy atom. The molecule has 0 saturated heterocycles. The van der Waals surface area contributed by atoms with E-state index in [2.05, 4.69) is 15.5 Å². The lowest BCUT2D eigenvalue weighted by molar-refractivity contribution is -0.130. The van der Waals surface area contributed by atoms with Crippen molar-refractivity contribution >= 4 is 29.3 Å². The number of nitrogens with one attached hydrogen (secondary N) is 1. The van der Waals surface area contributed by atoms with E-state index in [-0.39, 0.29) is 29.8 Å². The fourth-order valence-corrected chi connectivity index (χ4v) is 5.25. The van der Waals surface area contributed by atoms with Crippen LogP contribution in [0, 0.1) is 12.7 Å². The monoisotopic (exact) mass is 572 g/mol. The highest BCUT2D eigenvalue weighted by atomic mass is 32.2. The van der Waals surface area contributed by atoms with Gasteiger partial charge in [-0.05, 0) is 54.4 Å². The minimum absolute atomic E-state index is 0.0434. The first-order valence-corrected chi connectivity index (χ1v) is 14.0. The van der Waals surface area contributed by atoms with Crippen LogP contribution in [-0.4, -0.2) is 50.2 Å². The van der Waals surface area contributed by atoms with Gasteiger partial charge in [0.25, 0.3) is 11.8 Å². The average Bonchev–Trinajstić information content (AvgIpc) is 3.59. The maximum Gasteiger partial charge on any atom is 0.254 e. The van der Waals surface area contributed by atoms with Gasteiger partial charge in [0, 0.05) is 13.5 Å². The van der Waals surface area contributed by atoms with Crippen molar-refractivity contribution in [2.45, 2.75) is 31.1 Å². The van der Waals surface area contributed by atoms with E-state index in [0.29, 0.717) is 17.4 Å². The Hall–Kier alpha value is -4.51. The van der Waals surface area contributed by atoms with Crippen molar-refractivity contribution in [1.82, 2.24) is 25.1 Å². The highest BCUT2D eigenvalue weighted by molar-refractivity contribution is 7.99. The first-order valence-electron chi connectivity index (χ1n) is 13.0. The number of benzene rings is 3. The van der Waals surface area contributed by atoms with E-state index < -0.39 is 11.7 Å². The summed E-state index contributed by atoms with van der Waals surface area (Å²) in [5.41, 5.74) is 3.86. The van der Waals surface area contributed by atoms with Crippen molar-refractivity contribution in [3.8, 4) is 5.75 Å². The van der Waals surface area contributed by atoms with E-state index in [9.17, 15) is 14.0 Å². The van der Waals surface area contributed by atoms with Gasteiger partial charge in [-0.15, -0.1) is 10.2 Å². The number of methoxy groups -OCH3 is 1. The summed E-state index contributed by atoms with van der Waals surface area (Å²) < 4.78 is 20.9. The number of carbonyl (C=O) groups excluding carboxylic acids is 2. The number of amides is 2. The standard InChI is InChI=1S/C30H29FN6O3S/c1-19-8-10-21(11-9-19)26-16-25(20-12-14-22(40-3)15-13-20)35-37(26)28(38)18-41-30-34-33-27(36(30)2)17-32-29(39)23-6-4-5-7-24(23)31/h4-15,26H,16-18H2,1-3H3,(H,32,39)/t26-/m1/s1. The third-order valence-corrected chi connectivity index (χ3v) is 7.83. The number of thioether (sulfide) groups is 1. The number of aromatic nitrogens is 3. The van der Waals surface area contributed by atoms with E-state index in [0.717, 1.165) is 28.2 Å². The van der Waals surface area contributed by atoms with Crippen LogP contribution in [-0.2, 0) is 18.4 Å². The van der Waals surface area contributed by atoms with E-state index >= 15 is 0 Å². The van der Waals surface area contributed by atoms with Gasteiger partial charge in [-0.2, -0.15) is 5.10 Å². The van der Waals surface area contributed by atoms with Crippen molar-refractivity contribution < 1.29 is 18.7 Å². The Labute approximate surface area is 241 Å². The van der Waals surface area contributed by atoms with Crippen LogP contribution in [0.3, 0.4) is 0 Å².